The number of hydrogen-bond acceptors (Lipinski definition) is 3. The fourth-order valence-corrected chi connectivity index (χ4v) is 2.74. The summed E-state index contributed by atoms with van der Waals surface area (Å²) in [5, 5.41) is 3.93. The number of nitrogens with zero attached hydrogens (tertiary/aromatic N) is 2. The molecule has 0 radical (unpaired) electrons. The molecule has 3 heterocycles. The van der Waals surface area contributed by atoms with Crippen LogP contribution in [0.25, 0.3) is 0 Å². The Morgan fingerprint density at radius 1 is 1.53 bits per heavy atom. The third-order valence-corrected chi connectivity index (χ3v) is 3.47. The van der Waals surface area contributed by atoms with E-state index in [4.69, 9.17) is 4.52 Å². The molecule has 0 aromatic carbocycles. The monoisotopic (exact) mass is 204 g/mol. The summed E-state index contributed by atoms with van der Waals surface area (Å²) in [5.74, 6) is 1.000. The van der Waals surface area contributed by atoms with Gasteiger partial charge in [-0.3, -0.25) is 4.90 Å². The topological polar surface area (TPSA) is 29.3 Å². The van der Waals surface area contributed by atoms with Gasteiger partial charge in [-0.1, -0.05) is 17.3 Å². The van der Waals surface area contributed by atoms with E-state index in [1.165, 1.54) is 19.3 Å². The molecule has 2 unspecified atom stereocenters. The van der Waals surface area contributed by atoms with Crippen LogP contribution >= 0.6 is 0 Å². The van der Waals surface area contributed by atoms with Crippen LogP contribution in [-0.4, -0.2) is 22.1 Å². The number of fused-ring (bicyclic) bond motifs is 2. The minimum Gasteiger partial charge on any atom is -0.360 e. The van der Waals surface area contributed by atoms with E-state index in [9.17, 15) is 0 Å². The molecule has 1 aromatic rings. The second-order valence-electron chi connectivity index (χ2n) is 4.57. The Balaban J connectivity index is 1.76. The molecule has 2 aliphatic heterocycles. The van der Waals surface area contributed by atoms with Crippen molar-refractivity contribution in [1.82, 2.24) is 10.1 Å². The molecule has 0 saturated carbocycles. The Bertz CT molecular complexity index is 383. The molecule has 1 saturated heterocycles. The molecule has 0 aliphatic carbocycles. The van der Waals surface area contributed by atoms with E-state index < -0.39 is 0 Å². The van der Waals surface area contributed by atoms with Crippen molar-refractivity contribution in [2.75, 3.05) is 0 Å². The average molecular weight is 204 g/mol. The van der Waals surface area contributed by atoms with E-state index in [2.05, 4.69) is 22.2 Å². The molecule has 15 heavy (non-hydrogen) atoms. The van der Waals surface area contributed by atoms with Gasteiger partial charge in [-0.2, -0.15) is 0 Å². The maximum Gasteiger partial charge on any atom is 0.150 e. The summed E-state index contributed by atoms with van der Waals surface area (Å²) in [7, 11) is 0. The van der Waals surface area contributed by atoms with Gasteiger partial charge in [-0.05, 0) is 26.2 Å². The molecule has 2 atom stereocenters. The number of aryl methyl sites for hydroxylation is 1. The van der Waals surface area contributed by atoms with Crippen LogP contribution < -0.4 is 0 Å². The number of aromatic nitrogens is 1. The van der Waals surface area contributed by atoms with E-state index in [1.54, 1.807) is 0 Å². The van der Waals surface area contributed by atoms with Crippen molar-refractivity contribution in [3.05, 3.63) is 29.7 Å². The third kappa shape index (κ3) is 1.61. The Labute approximate surface area is 89.7 Å². The van der Waals surface area contributed by atoms with Gasteiger partial charge in [0.25, 0.3) is 0 Å². The van der Waals surface area contributed by atoms with Crippen LogP contribution in [0.15, 0.2) is 22.7 Å². The van der Waals surface area contributed by atoms with Crippen LogP contribution in [0.5, 0.6) is 0 Å². The molecule has 2 bridgehead atoms. The molecule has 1 fully saturated rings. The van der Waals surface area contributed by atoms with E-state index in [0.717, 1.165) is 24.0 Å². The van der Waals surface area contributed by atoms with Gasteiger partial charge >= 0.3 is 0 Å². The van der Waals surface area contributed by atoms with Crippen molar-refractivity contribution < 1.29 is 4.52 Å². The van der Waals surface area contributed by atoms with Gasteiger partial charge < -0.3 is 4.52 Å². The van der Waals surface area contributed by atoms with E-state index in [0.29, 0.717) is 6.04 Å². The fraction of sp³-hybridized carbons (Fsp3) is 0.583. The van der Waals surface area contributed by atoms with Gasteiger partial charge in [0.1, 0.15) is 0 Å². The first kappa shape index (κ1) is 9.16. The maximum absolute atomic E-state index is 5.28. The summed E-state index contributed by atoms with van der Waals surface area (Å²) >= 11 is 0. The lowest BCUT2D eigenvalue weighted by atomic mass is 10.1. The summed E-state index contributed by atoms with van der Waals surface area (Å²) in [4.78, 5) is 2.54. The molecule has 2 aliphatic rings. The van der Waals surface area contributed by atoms with E-state index in [1.807, 2.05) is 13.0 Å². The van der Waals surface area contributed by atoms with Gasteiger partial charge in [0.2, 0.25) is 0 Å². The fourth-order valence-electron chi connectivity index (χ4n) is 2.74. The first-order chi connectivity index (χ1) is 7.33. The summed E-state index contributed by atoms with van der Waals surface area (Å²) in [5.41, 5.74) is 0.977. The predicted molar refractivity (Wildman–Crippen MR) is 57.4 cm³/mol. The maximum atomic E-state index is 5.28. The van der Waals surface area contributed by atoms with Crippen molar-refractivity contribution in [2.24, 2.45) is 0 Å². The highest BCUT2D eigenvalue weighted by Gasteiger charge is 2.34. The lowest BCUT2D eigenvalue weighted by Crippen LogP contribution is -2.36. The zero-order valence-corrected chi connectivity index (χ0v) is 9.02. The van der Waals surface area contributed by atoms with Crippen LogP contribution in [0.1, 0.15) is 30.7 Å². The van der Waals surface area contributed by atoms with Crippen molar-refractivity contribution in [1.29, 1.82) is 0 Å². The molecule has 80 valence electrons. The molecular formula is C12H16N2O. The minimum atomic E-state index is 0.633. The third-order valence-electron chi connectivity index (χ3n) is 3.47. The smallest absolute Gasteiger partial charge is 0.150 e. The van der Waals surface area contributed by atoms with Gasteiger partial charge in [-0.25, -0.2) is 0 Å². The largest absolute Gasteiger partial charge is 0.360 e. The summed E-state index contributed by atoms with van der Waals surface area (Å²) in [6.07, 6.45) is 8.49. The highest BCUT2D eigenvalue weighted by molar-refractivity contribution is 5.11. The normalized spacial score (nSPS) is 29.9. The molecule has 0 spiro atoms. The molecule has 3 nitrogen and oxygen atoms in total. The Morgan fingerprint density at radius 2 is 2.47 bits per heavy atom. The Hall–Kier alpha value is -1.09. The van der Waals surface area contributed by atoms with Crippen molar-refractivity contribution in [3.8, 4) is 0 Å². The highest BCUT2D eigenvalue weighted by atomic mass is 16.5. The van der Waals surface area contributed by atoms with Crippen LogP contribution in [0.3, 0.4) is 0 Å². The first-order valence-electron chi connectivity index (χ1n) is 5.67. The second kappa shape index (κ2) is 3.49. The van der Waals surface area contributed by atoms with Crippen LogP contribution in [-0.2, 0) is 6.54 Å². The minimum absolute atomic E-state index is 0.633. The van der Waals surface area contributed by atoms with E-state index in [-0.39, 0.29) is 0 Å². The van der Waals surface area contributed by atoms with Gasteiger partial charge in [0.15, 0.2) is 5.76 Å². The van der Waals surface area contributed by atoms with Gasteiger partial charge in [0, 0.05) is 18.2 Å². The predicted octanol–water partition coefficient (Wildman–Crippen LogP) is 2.28. The number of hydrogen-bond donors (Lipinski definition) is 0. The van der Waals surface area contributed by atoms with Crippen molar-refractivity contribution in [3.63, 3.8) is 0 Å². The molecule has 0 N–H and O–H groups in total. The molecule has 0 amide bonds. The average Bonchev–Trinajstić information content (AvgIpc) is 2.71. The second-order valence-corrected chi connectivity index (χ2v) is 4.57. The van der Waals surface area contributed by atoms with Crippen LogP contribution in [0, 0.1) is 6.92 Å². The molecule has 1 aromatic heterocycles. The standard InChI is InChI=1S/C12H16N2O/c1-9-7-12(15-13-9)8-14-10-3-2-4-11(14)6-5-10/h2-3,7,10-11H,4-6,8H2,1H3. The quantitative estimate of drug-likeness (QED) is 0.692. The lowest BCUT2D eigenvalue weighted by Gasteiger charge is -2.30. The molecular weight excluding hydrogens is 188 g/mol. The summed E-state index contributed by atoms with van der Waals surface area (Å²) < 4.78 is 5.28. The molecule has 3 heteroatoms. The Morgan fingerprint density at radius 3 is 3.20 bits per heavy atom. The van der Waals surface area contributed by atoms with Crippen LogP contribution in [0.2, 0.25) is 0 Å². The summed E-state index contributed by atoms with van der Waals surface area (Å²) in [6, 6.07) is 3.40. The summed E-state index contributed by atoms with van der Waals surface area (Å²) in [6.45, 7) is 2.89. The van der Waals surface area contributed by atoms with Crippen molar-refractivity contribution >= 4 is 0 Å². The lowest BCUT2D eigenvalue weighted by molar-refractivity contribution is 0.177. The van der Waals surface area contributed by atoms with Gasteiger partial charge in [0.05, 0.1) is 12.2 Å². The molecule has 3 rings (SSSR count). The van der Waals surface area contributed by atoms with Crippen molar-refractivity contribution in [2.45, 2.75) is 44.8 Å². The highest BCUT2D eigenvalue weighted by Crippen LogP contribution is 2.32. The van der Waals surface area contributed by atoms with Gasteiger partial charge in [-0.15, -0.1) is 0 Å². The zero-order valence-electron chi connectivity index (χ0n) is 9.02. The first-order valence-corrected chi connectivity index (χ1v) is 5.67. The number of rotatable bonds is 2. The SMILES string of the molecule is Cc1cc(CN2C3C=CCC2CC3)on1. The Kier molecular flexibility index (Phi) is 2.13. The zero-order chi connectivity index (χ0) is 10.3. The van der Waals surface area contributed by atoms with Crippen LogP contribution in [0.4, 0.5) is 0 Å². The van der Waals surface area contributed by atoms with E-state index >= 15 is 0 Å².